The van der Waals surface area contributed by atoms with Crippen molar-refractivity contribution in [3.63, 3.8) is 0 Å². The second kappa shape index (κ2) is 7.71. The fraction of sp³-hybridized carbons (Fsp3) is 0.176. The maximum absolute atomic E-state index is 12.3. The number of ketones is 1. The van der Waals surface area contributed by atoms with Crippen LogP contribution in [0.3, 0.4) is 0 Å². The van der Waals surface area contributed by atoms with Crippen LogP contribution in [0, 0.1) is 18.3 Å². The molecule has 2 heterocycles. The number of rotatable bonds is 6. The lowest BCUT2D eigenvalue weighted by atomic mass is 10.1. The summed E-state index contributed by atoms with van der Waals surface area (Å²) in [5.74, 6) is -0.698. The molecule has 0 N–H and O–H groups in total. The number of nitriles is 1. The molecule has 24 heavy (non-hydrogen) atoms. The third-order valence-corrected chi connectivity index (χ3v) is 6.30. The molecule has 120 valence electrons. The SMILES string of the molecule is Cc1csc(C(C#N)C(=O)CSc2nc(-c3ccccc3)cs2)n1. The van der Waals surface area contributed by atoms with Crippen LogP contribution < -0.4 is 0 Å². The molecule has 4 nitrogen and oxygen atoms in total. The molecule has 0 spiro atoms. The lowest BCUT2D eigenvalue weighted by Crippen LogP contribution is -2.13. The largest absolute Gasteiger partial charge is 0.297 e. The van der Waals surface area contributed by atoms with E-state index >= 15 is 0 Å². The van der Waals surface area contributed by atoms with Gasteiger partial charge in [-0.2, -0.15) is 5.26 Å². The number of nitrogens with zero attached hydrogens (tertiary/aromatic N) is 3. The van der Waals surface area contributed by atoms with E-state index < -0.39 is 5.92 Å². The lowest BCUT2D eigenvalue weighted by Gasteiger charge is -2.03. The Kier molecular flexibility index (Phi) is 5.41. The van der Waals surface area contributed by atoms with E-state index in [-0.39, 0.29) is 11.5 Å². The average molecular weight is 372 g/mol. The van der Waals surface area contributed by atoms with Crippen LogP contribution in [0.15, 0.2) is 45.4 Å². The van der Waals surface area contributed by atoms with Crippen molar-refractivity contribution < 1.29 is 4.79 Å². The Hall–Kier alpha value is -2.01. The van der Waals surface area contributed by atoms with E-state index in [1.54, 1.807) is 0 Å². The smallest absolute Gasteiger partial charge is 0.167 e. The fourth-order valence-electron chi connectivity index (χ4n) is 2.05. The molecular formula is C17H13N3OS3. The highest BCUT2D eigenvalue weighted by Crippen LogP contribution is 2.30. The summed E-state index contributed by atoms with van der Waals surface area (Å²) in [6, 6.07) is 12.0. The van der Waals surface area contributed by atoms with Crippen molar-refractivity contribution in [1.82, 2.24) is 9.97 Å². The van der Waals surface area contributed by atoms with Crippen molar-refractivity contribution in [2.24, 2.45) is 0 Å². The highest BCUT2D eigenvalue weighted by atomic mass is 32.2. The van der Waals surface area contributed by atoms with Crippen LogP contribution in [0.1, 0.15) is 16.6 Å². The van der Waals surface area contributed by atoms with Crippen molar-refractivity contribution in [2.75, 3.05) is 5.75 Å². The summed E-state index contributed by atoms with van der Waals surface area (Å²) >= 11 is 4.24. The highest BCUT2D eigenvalue weighted by molar-refractivity contribution is 8.01. The zero-order chi connectivity index (χ0) is 16.9. The minimum atomic E-state index is -0.787. The molecule has 0 saturated carbocycles. The molecule has 0 aliphatic rings. The zero-order valence-corrected chi connectivity index (χ0v) is 15.3. The van der Waals surface area contributed by atoms with Gasteiger partial charge in [0.1, 0.15) is 5.01 Å². The summed E-state index contributed by atoms with van der Waals surface area (Å²) in [6.07, 6.45) is 0. The topological polar surface area (TPSA) is 66.6 Å². The molecule has 3 aromatic rings. The Morgan fingerprint density at radius 2 is 2.04 bits per heavy atom. The van der Waals surface area contributed by atoms with Gasteiger partial charge in [0.25, 0.3) is 0 Å². The molecule has 2 aromatic heterocycles. The van der Waals surface area contributed by atoms with Gasteiger partial charge >= 0.3 is 0 Å². The van der Waals surface area contributed by atoms with E-state index in [0.29, 0.717) is 5.01 Å². The average Bonchev–Trinajstić information content (AvgIpc) is 3.24. The van der Waals surface area contributed by atoms with Gasteiger partial charge in [0.2, 0.25) is 0 Å². The van der Waals surface area contributed by atoms with E-state index in [0.717, 1.165) is 21.3 Å². The van der Waals surface area contributed by atoms with E-state index in [2.05, 4.69) is 16.0 Å². The number of benzene rings is 1. The van der Waals surface area contributed by atoms with Crippen LogP contribution in [0.5, 0.6) is 0 Å². The summed E-state index contributed by atoms with van der Waals surface area (Å²) in [7, 11) is 0. The summed E-state index contributed by atoms with van der Waals surface area (Å²) in [6.45, 7) is 1.86. The van der Waals surface area contributed by atoms with Crippen LogP contribution >= 0.6 is 34.4 Å². The molecule has 0 amide bonds. The number of aryl methyl sites for hydroxylation is 1. The molecule has 0 bridgehead atoms. The van der Waals surface area contributed by atoms with Crippen LogP contribution in [0.2, 0.25) is 0 Å². The summed E-state index contributed by atoms with van der Waals surface area (Å²) in [5, 5.41) is 13.7. The van der Waals surface area contributed by atoms with Gasteiger partial charge in [-0.3, -0.25) is 4.79 Å². The van der Waals surface area contributed by atoms with Crippen LogP contribution in [0.25, 0.3) is 11.3 Å². The van der Waals surface area contributed by atoms with Gasteiger partial charge in [0.05, 0.1) is 17.5 Å². The first-order valence-corrected chi connectivity index (χ1v) is 9.90. The number of carbonyl (C=O) groups is 1. The molecule has 0 radical (unpaired) electrons. The molecule has 7 heteroatoms. The Bertz CT molecular complexity index is 880. The summed E-state index contributed by atoms with van der Waals surface area (Å²) < 4.78 is 0.828. The second-order valence-electron chi connectivity index (χ2n) is 5.01. The Labute approximate surface area is 152 Å². The van der Waals surface area contributed by atoms with Crippen LogP contribution in [-0.4, -0.2) is 21.5 Å². The van der Waals surface area contributed by atoms with Gasteiger partial charge < -0.3 is 0 Å². The predicted octanol–water partition coefficient (Wildman–Crippen LogP) is 4.54. The molecule has 0 aliphatic carbocycles. The van der Waals surface area contributed by atoms with E-state index in [9.17, 15) is 10.1 Å². The quantitative estimate of drug-likeness (QED) is 0.595. The third kappa shape index (κ3) is 3.90. The molecule has 3 rings (SSSR count). The van der Waals surface area contributed by atoms with Gasteiger partial charge in [-0.15, -0.1) is 22.7 Å². The first kappa shape index (κ1) is 16.8. The third-order valence-electron chi connectivity index (χ3n) is 3.23. The maximum atomic E-state index is 12.3. The van der Waals surface area contributed by atoms with Gasteiger partial charge in [-0.25, -0.2) is 9.97 Å². The van der Waals surface area contributed by atoms with Crippen LogP contribution in [-0.2, 0) is 4.79 Å². The van der Waals surface area contributed by atoms with Gasteiger partial charge in [-0.1, -0.05) is 42.1 Å². The molecule has 0 fully saturated rings. The summed E-state index contributed by atoms with van der Waals surface area (Å²) in [4.78, 5) is 21.1. The molecular weight excluding hydrogens is 358 g/mol. The minimum absolute atomic E-state index is 0.131. The molecule has 1 atom stereocenters. The van der Waals surface area contributed by atoms with E-state index in [1.807, 2.05) is 48.0 Å². The highest BCUT2D eigenvalue weighted by Gasteiger charge is 2.23. The monoisotopic (exact) mass is 371 g/mol. The minimum Gasteiger partial charge on any atom is -0.297 e. The van der Waals surface area contributed by atoms with Crippen molar-refractivity contribution in [2.45, 2.75) is 17.2 Å². The summed E-state index contributed by atoms with van der Waals surface area (Å²) in [5.41, 5.74) is 2.80. The van der Waals surface area contributed by atoms with Gasteiger partial charge in [0.15, 0.2) is 16.0 Å². The number of thiazole rings is 2. The second-order valence-corrected chi connectivity index (χ2v) is 7.98. The zero-order valence-electron chi connectivity index (χ0n) is 12.8. The number of thioether (sulfide) groups is 1. The van der Waals surface area contributed by atoms with Crippen molar-refractivity contribution >= 4 is 40.2 Å². The molecule has 1 unspecified atom stereocenters. The molecule has 0 saturated heterocycles. The Morgan fingerprint density at radius 3 is 2.71 bits per heavy atom. The number of hydrogen-bond donors (Lipinski definition) is 0. The van der Waals surface area contributed by atoms with Crippen LogP contribution in [0.4, 0.5) is 0 Å². The first-order chi connectivity index (χ1) is 11.7. The Morgan fingerprint density at radius 1 is 1.25 bits per heavy atom. The lowest BCUT2D eigenvalue weighted by molar-refractivity contribution is -0.116. The molecule has 1 aromatic carbocycles. The van der Waals surface area contributed by atoms with Gasteiger partial charge in [0, 0.05) is 22.0 Å². The van der Waals surface area contributed by atoms with Crippen molar-refractivity contribution in [3.8, 4) is 17.3 Å². The van der Waals surface area contributed by atoms with Crippen molar-refractivity contribution in [3.05, 3.63) is 51.8 Å². The maximum Gasteiger partial charge on any atom is 0.167 e. The molecule has 0 aliphatic heterocycles. The number of hydrogen-bond acceptors (Lipinski definition) is 7. The van der Waals surface area contributed by atoms with Crippen molar-refractivity contribution in [1.29, 1.82) is 5.26 Å². The fourth-order valence-corrected chi connectivity index (χ4v) is 4.65. The normalized spacial score (nSPS) is 11.8. The Balaban J connectivity index is 1.64. The van der Waals surface area contributed by atoms with Gasteiger partial charge in [-0.05, 0) is 6.92 Å². The number of Topliss-reactive ketones (excluding diaryl/α,β-unsaturated/α-hetero) is 1. The number of aromatic nitrogens is 2. The van der Waals surface area contributed by atoms with E-state index in [4.69, 9.17) is 0 Å². The predicted molar refractivity (Wildman–Crippen MR) is 98.5 cm³/mol. The first-order valence-electron chi connectivity index (χ1n) is 7.15. The van der Waals surface area contributed by atoms with E-state index in [1.165, 1.54) is 34.4 Å². The standard InChI is InChI=1S/C17H13N3OS3/c1-11-8-22-16(19-11)13(7-18)15(21)10-24-17-20-14(9-23-17)12-5-3-2-4-6-12/h2-6,8-9,13H,10H2,1H3. The number of carbonyl (C=O) groups excluding carboxylic acids is 1.